The van der Waals surface area contributed by atoms with Gasteiger partial charge >= 0.3 is 5.97 Å². The van der Waals surface area contributed by atoms with Crippen LogP contribution in [0.5, 0.6) is 5.75 Å². The smallest absolute Gasteiger partial charge is 0.303 e. The highest BCUT2D eigenvalue weighted by Gasteiger charge is 2.39. The van der Waals surface area contributed by atoms with E-state index in [1.807, 2.05) is 13.8 Å². The van der Waals surface area contributed by atoms with Crippen molar-refractivity contribution in [3.05, 3.63) is 58.1 Å². The number of nitrogens with one attached hydrogen (secondary N) is 1. The first-order valence-electron chi connectivity index (χ1n) is 13.2. The molecule has 0 saturated carbocycles. The fourth-order valence-corrected chi connectivity index (χ4v) is 5.28. The van der Waals surface area contributed by atoms with Gasteiger partial charge in [0.25, 0.3) is 5.91 Å². The summed E-state index contributed by atoms with van der Waals surface area (Å²) in [7, 11) is 0. The standard InChI is InChI=1S/C30H42N2O4/c1-7-8-9-12-16-32-17-15-23-20(2)18-21(3)26(27(23)32)28(36-22(4)33)30(5,6)19-31-29(35)24-13-10-11-14-25(24)34/h10-11,13-14,18,28,34H,7-9,12,15-17,19H2,1-6H3,(H,31,35). The number of aromatic hydroxyl groups is 1. The lowest BCUT2D eigenvalue weighted by Crippen LogP contribution is -2.40. The normalized spacial score (nSPS) is 13.9. The molecule has 6 heteroatoms. The van der Waals surface area contributed by atoms with Crippen molar-refractivity contribution >= 4 is 17.6 Å². The molecule has 0 aliphatic carbocycles. The zero-order valence-electron chi connectivity index (χ0n) is 22.7. The lowest BCUT2D eigenvalue weighted by molar-refractivity contribution is -0.153. The molecular formula is C30H42N2O4. The fourth-order valence-electron chi connectivity index (χ4n) is 5.28. The van der Waals surface area contributed by atoms with Crippen LogP contribution in [-0.2, 0) is 16.0 Å². The number of benzene rings is 2. The summed E-state index contributed by atoms with van der Waals surface area (Å²) in [6.45, 7) is 14.2. The Morgan fingerprint density at radius 1 is 1.14 bits per heavy atom. The van der Waals surface area contributed by atoms with Crippen LogP contribution in [0.1, 0.15) is 92.1 Å². The van der Waals surface area contributed by atoms with Crippen molar-refractivity contribution in [2.45, 2.75) is 79.8 Å². The number of esters is 1. The van der Waals surface area contributed by atoms with Crippen LogP contribution in [-0.4, -0.2) is 36.6 Å². The van der Waals surface area contributed by atoms with Crippen molar-refractivity contribution in [1.29, 1.82) is 0 Å². The molecule has 2 aromatic rings. The number of aryl methyl sites for hydroxylation is 2. The second-order valence-corrected chi connectivity index (χ2v) is 10.7. The Kier molecular flexibility index (Phi) is 9.04. The molecule has 0 aromatic heterocycles. The van der Waals surface area contributed by atoms with Crippen molar-refractivity contribution in [3.63, 3.8) is 0 Å². The summed E-state index contributed by atoms with van der Waals surface area (Å²) in [5.74, 6) is -0.761. The molecule has 36 heavy (non-hydrogen) atoms. The van der Waals surface area contributed by atoms with Gasteiger partial charge in [0.05, 0.1) is 5.56 Å². The van der Waals surface area contributed by atoms with E-state index in [4.69, 9.17) is 4.74 Å². The molecule has 0 saturated heterocycles. The molecule has 6 nitrogen and oxygen atoms in total. The summed E-state index contributed by atoms with van der Waals surface area (Å²) in [5.41, 5.74) is 5.57. The molecule has 0 fully saturated rings. The van der Waals surface area contributed by atoms with E-state index >= 15 is 0 Å². The van der Waals surface area contributed by atoms with E-state index in [-0.39, 0.29) is 29.7 Å². The minimum absolute atomic E-state index is 0.0599. The number of anilines is 1. The van der Waals surface area contributed by atoms with E-state index in [0.717, 1.165) is 37.1 Å². The summed E-state index contributed by atoms with van der Waals surface area (Å²) < 4.78 is 6.03. The summed E-state index contributed by atoms with van der Waals surface area (Å²) in [4.78, 5) is 27.6. The topological polar surface area (TPSA) is 78.9 Å². The average Bonchev–Trinajstić information content (AvgIpc) is 3.24. The Bertz CT molecular complexity index is 1090. The molecule has 2 N–H and O–H groups in total. The number of hydrogen-bond donors (Lipinski definition) is 2. The van der Waals surface area contributed by atoms with E-state index in [1.54, 1.807) is 18.2 Å². The van der Waals surface area contributed by atoms with Crippen molar-refractivity contribution in [2.75, 3.05) is 24.5 Å². The maximum Gasteiger partial charge on any atom is 0.303 e. The van der Waals surface area contributed by atoms with E-state index < -0.39 is 11.5 Å². The monoisotopic (exact) mass is 494 g/mol. The molecule has 1 unspecified atom stereocenters. The van der Waals surface area contributed by atoms with Gasteiger partial charge in [0, 0.05) is 43.2 Å². The zero-order valence-corrected chi connectivity index (χ0v) is 22.7. The van der Waals surface area contributed by atoms with E-state index in [2.05, 4.69) is 37.1 Å². The third-order valence-corrected chi connectivity index (χ3v) is 7.21. The predicted octanol–water partition coefficient (Wildman–Crippen LogP) is 6.01. The van der Waals surface area contributed by atoms with Gasteiger partial charge in [-0.15, -0.1) is 0 Å². The Balaban J connectivity index is 1.94. The first kappa shape index (κ1) is 27.6. The predicted molar refractivity (Wildman–Crippen MR) is 145 cm³/mol. The van der Waals surface area contributed by atoms with Gasteiger partial charge in [0.2, 0.25) is 0 Å². The van der Waals surface area contributed by atoms with Crippen LogP contribution in [0.4, 0.5) is 5.69 Å². The minimum atomic E-state index is -0.601. The largest absolute Gasteiger partial charge is 0.507 e. The van der Waals surface area contributed by atoms with Crippen LogP contribution in [0, 0.1) is 19.3 Å². The zero-order chi connectivity index (χ0) is 26.5. The maximum atomic E-state index is 12.8. The van der Waals surface area contributed by atoms with Gasteiger partial charge in [-0.05, 0) is 55.5 Å². The summed E-state index contributed by atoms with van der Waals surface area (Å²) in [6, 6.07) is 8.68. The SMILES string of the molecule is CCCCCCN1CCc2c(C)cc(C)c(C(OC(C)=O)C(C)(C)CNC(=O)c3ccccc3O)c21. The van der Waals surface area contributed by atoms with Crippen molar-refractivity contribution in [1.82, 2.24) is 5.32 Å². The molecular weight excluding hydrogens is 452 g/mol. The van der Waals surface area contributed by atoms with Gasteiger partial charge in [0.15, 0.2) is 0 Å². The van der Waals surface area contributed by atoms with E-state index in [1.165, 1.54) is 49.1 Å². The molecule has 3 rings (SSSR count). The maximum absolute atomic E-state index is 12.8. The molecule has 196 valence electrons. The van der Waals surface area contributed by atoms with Gasteiger partial charge in [-0.1, -0.05) is 58.2 Å². The minimum Gasteiger partial charge on any atom is -0.507 e. The number of ether oxygens (including phenoxy) is 1. The van der Waals surface area contributed by atoms with Crippen molar-refractivity contribution < 1.29 is 19.4 Å². The second-order valence-electron chi connectivity index (χ2n) is 10.7. The Morgan fingerprint density at radius 2 is 1.86 bits per heavy atom. The second kappa shape index (κ2) is 11.8. The molecule has 0 spiro atoms. The number of rotatable bonds is 11. The number of phenolic OH excluding ortho intramolecular Hbond substituents is 1. The highest BCUT2D eigenvalue weighted by Crippen LogP contribution is 2.47. The van der Waals surface area contributed by atoms with Gasteiger partial charge in [0.1, 0.15) is 11.9 Å². The number of unbranched alkanes of at least 4 members (excludes halogenated alkanes) is 3. The van der Waals surface area contributed by atoms with Crippen LogP contribution in [0.25, 0.3) is 0 Å². The molecule has 2 aromatic carbocycles. The first-order valence-corrected chi connectivity index (χ1v) is 13.2. The van der Waals surface area contributed by atoms with Gasteiger partial charge in [-0.2, -0.15) is 0 Å². The third kappa shape index (κ3) is 6.21. The Morgan fingerprint density at radius 3 is 2.53 bits per heavy atom. The van der Waals surface area contributed by atoms with Crippen molar-refractivity contribution in [2.24, 2.45) is 5.41 Å². The van der Waals surface area contributed by atoms with E-state index in [9.17, 15) is 14.7 Å². The molecule has 1 amide bonds. The van der Waals surface area contributed by atoms with Crippen molar-refractivity contribution in [3.8, 4) is 5.75 Å². The van der Waals surface area contributed by atoms with Gasteiger partial charge in [-0.3, -0.25) is 9.59 Å². The molecule has 1 aliphatic heterocycles. The number of amides is 1. The van der Waals surface area contributed by atoms with Crippen LogP contribution in [0.2, 0.25) is 0 Å². The quantitative estimate of drug-likeness (QED) is 0.295. The van der Waals surface area contributed by atoms with E-state index in [0.29, 0.717) is 0 Å². The number of carbonyl (C=O) groups is 2. The summed E-state index contributed by atoms with van der Waals surface area (Å²) in [6.07, 6.45) is 5.23. The Labute approximate surface area is 216 Å². The number of carbonyl (C=O) groups excluding carboxylic acids is 2. The number of phenols is 1. The van der Waals surface area contributed by atoms with Gasteiger partial charge in [-0.25, -0.2) is 0 Å². The molecule has 1 atom stereocenters. The average molecular weight is 495 g/mol. The lowest BCUT2D eigenvalue weighted by Gasteiger charge is -2.37. The molecule has 1 heterocycles. The summed E-state index contributed by atoms with van der Waals surface area (Å²) >= 11 is 0. The number of para-hydroxylation sites is 1. The summed E-state index contributed by atoms with van der Waals surface area (Å²) in [5, 5.41) is 13.0. The third-order valence-electron chi connectivity index (χ3n) is 7.21. The fraction of sp³-hybridized carbons (Fsp3) is 0.533. The highest BCUT2D eigenvalue weighted by molar-refractivity contribution is 5.96. The van der Waals surface area contributed by atoms with Crippen LogP contribution >= 0.6 is 0 Å². The number of nitrogens with zero attached hydrogens (tertiary/aromatic N) is 1. The van der Waals surface area contributed by atoms with Gasteiger partial charge < -0.3 is 20.1 Å². The lowest BCUT2D eigenvalue weighted by atomic mass is 9.79. The molecule has 0 bridgehead atoms. The van der Waals surface area contributed by atoms with Crippen LogP contribution in [0.15, 0.2) is 30.3 Å². The molecule has 1 aliphatic rings. The van der Waals surface area contributed by atoms with Crippen LogP contribution < -0.4 is 10.2 Å². The Hall–Kier alpha value is -3.02. The highest BCUT2D eigenvalue weighted by atomic mass is 16.5. The molecule has 0 radical (unpaired) electrons. The number of fused-ring (bicyclic) bond motifs is 1. The first-order chi connectivity index (χ1) is 17.1. The number of hydrogen-bond acceptors (Lipinski definition) is 5. The van der Waals surface area contributed by atoms with Crippen LogP contribution in [0.3, 0.4) is 0 Å².